The summed E-state index contributed by atoms with van der Waals surface area (Å²) in [5.41, 5.74) is 11.5. The van der Waals surface area contributed by atoms with Crippen molar-refractivity contribution in [1.82, 2.24) is 4.98 Å². The van der Waals surface area contributed by atoms with Crippen molar-refractivity contribution in [2.24, 2.45) is 5.73 Å². The summed E-state index contributed by atoms with van der Waals surface area (Å²) in [5.74, 6) is 0. The van der Waals surface area contributed by atoms with Gasteiger partial charge in [0, 0.05) is 28.2 Å². The summed E-state index contributed by atoms with van der Waals surface area (Å²) >= 11 is 0. The molecule has 0 unspecified atom stereocenters. The van der Waals surface area contributed by atoms with E-state index in [0.717, 1.165) is 40.5 Å². The minimum absolute atomic E-state index is 0.177. The standard InChI is InChI=1S/C23H20N2O2/c24-23(11-4-12-23)17-9-7-16(8-10-17)18-13-25-22(26)21-20(18)19(14-27-21)15-5-2-1-3-6-15/h1-3,5-10,13-14H,4,11-12,24H2,(H,25,26). The normalized spacial score (nSPS) is 15.6. The second-order valence-electron chi connectivity index (χ2n) is 7.34. The second kappa shape index (κ2) is 5.96. The third-order valence-electron chi connectivity index (χ3n) is 5.72. The molecule has 0 aliphatic heterocycles. The van der Waals surface area contributed by atoms with Crippen LogP contribution in [0.4, 0.5) is 0 Å². The lowest BCUT2D eigenvalue weighted by atomic mass is 9.72. The second-order valence-corrected chi connectivity index (χ2v) is 7.34. The SMILES string of the molecule is NC1(c2ccc(-c3c[nH]c(=O)c4occ(-c5ccccc5)c34)cc2)CCC1. The molecule has 0 bridgehead atoms. The van der Waals surface area contributed by atoms with Crippen LogP contribution in [0.2, 0.25) is 0 Å². The van der Waals surface area contributed by atoms with Crippen molar-refractivity contribution in [2.45, 2.75) is 24.8 Å². The average molecular weight is 356 g/mol. The molecular formula is C23H20N2O2. The Kier molecular flexibility index (Phi) is 3.55. The fraction of sp³-hybridized carbons (Fsp3) is 0.174. The maximum absolute atomic E-state index is 12.3. The number of pyridine rings is 1. The van der Waals surface area contributed by atoms with Crippen molar-refractivity contribution in [3.63, 3.8) is 0 Å². The van der Waals surface area contributed by atoms with Crippen LogP contribution in [0.15, 0.2) is 76.3 Å². The Hall–Kier alpha value is -3.11. The van der Waals surface area contributed by atoms with E-state index in [0.29, 0.717) is 5.58 Å². The number of H-pyrrole nitrogens is 1. The van der Waals surface area contributed by atoms with E-state index in [-0.39, 0.29) is 11.1 Å². The lowest BCUT2D eigenvalue weighted by Crippen LogP contribution is -2.43. The minimum Gasteiger partial charge on any atom is -0.458 e. The highest BCUT2D eigenvalue weighted by Crippen LogP contribution is 2.40. The topological polar surface area (TPSA) is 72.0 Å². The fourth-order valence-electron chi connectivity index (χ4n) is 3.95. The van der Waals surface area contributed by atoms with Gasteiger partial charge < -0.3 is 15.1 Å². The van der Waals surface area contributed by atoms with Crippen LogP contribution in [0.5, 0.6) is 0 Å². The molecular weight excluding hydrogens is 336 g/mol. The number of aromatic nitrogens is 1. The number of aromatic amines is 1. The van der Waals surface area contributed by atoms with Crippen LogP contribution in [0.3, 0.4) is 0 Å². The maximum atomic E-state index is 12.3. The Morgan fingerprint density at radius 3 is 2.30 bits per heavy atom. The molecule has 2 heterocycles. The highest BCUT2D eigenvalue weighted by Gasteiger charge is 2.34. The van der Waals surface area contributed by atoms with E-state index in [4.69, 9.17) is 10.2 Å². The third-order valence-corrected chi connectivity index (χ3v) is 5.72. The molecule has 27 heavy (non-hydrogen) atoms. The summed E-state index contributed by atoms with van der Waals surface area (Å²) in [6.45, 7) is 0. The molecule has 3 N–H and O–H groups in total. The number of furan rings is 1. The number of nitrogens with one attached hydrogen (secondary N) is 1. The van der Waals surface area contributed by atoms with E-state index in [1.165, 1.54) is 12.0 Å². The molecule has 0 spiro atoms. The van der Waals surface area contributed by atoms with Gasteiger partial charge in [-0.2, -0.15) is 0 Å². The van der Waals surface area contributed by atoms with Crippen LogP contribution in [-0.2, 0) is 5.54 Å². The zero-order valence-corrected chi connectivity index (χ0v) is 14.9. The number of benzene rings is 2. The molecule has 2 aromatic carbocycles. The van der Waals surface area contributed by atoms with Crippen LogP contribution in [0.1, 0.15) is 24.8 Å². The first-order valence-electron chi connectivity index (χ1n) is 9.24. The number of rotatable bonds is 3. The van der Waals surface area contributed by atoms with E-state index >= 15 is 0 Å². The van der Waals surface area contributed by atoms with Crippen molar-refractivity contribution in [1.29, 1.82) is 0 Å². The van der Waals surface area contributed by atoms with E-state index in [1.807, 2.05) is 30.3 Å². The Labute approximate surface area is 156 Å². The lowest BCUT2D eigenvalue weighted by molar-refractivity contribution is 0.253. The molecule has 0 amide bonds. The Bertz CT molecular complexity index is 1170. The first-order valence-corrected chi connectivity index (χ1v) is 9.24. The van der Waals surface area contributed by atoms with Gasteiger partial charge in [0.2, 0.25) is 0 Å². The predicted molar refractivity (Wildman–Crippen MR) is 107 cm³/mol. The summed E-state index contributed by atoms with van der Waals surface area (Å²) in [5, 5.41) is 0.837. The van der Waals surface area contributed by atoms with Gasteiger partial charge in [0.25, 0.3) is 5.56 Å². The van der Waals surface area contributed by atoms with Crippen molar-refractivity contribution in [3.8, 4) is 22.3 Å². The smallest absolute Gasteiger partial charge is 0.291 e. The molecule has 5 rings (SSSR count). The zero-order valence-electron chi connectivity index (χ0n) is 14.9. The molecule has 4 heteroatoms. The number of hydrogen-bond acceptors (Lipinski definition) is 3. The van der Waals surface area contributed by atoms with E-state index in [1.54, 1.807) is 12.5 Å². The van der Waals surface area contributed by atoms with Crippen molar-refractivity contribution < 1.29 is 4.42 Å². The lowest BCUT2D eigenvalue weighted by Gasteiger charge is -2.38. The van der Waals surface area contributed by atoms with E-state index in [9.17, 15) is 4.79 Å². The highest BCUT2D eigenvalue weighted by atomic mass is 16.3. The number of fused-ring (bicyclic) bond motifs is 1. The summed E-state index contributed by atoms with van der Waals surface area (Å²) in [7, 11) is 0. The van der Waals surface area contributed by atoms with Crippen LogP contribution < -0.4 is 11.3 Å². The summed E-state index contributed by atoms with van der Waals surface area (Å²) in [6, 6.07) is 18.3. The van der Waals surface area contributed by atoms with Crippen LogP contribution in [-0.4, -0.2) is 4.98 Å². The van der Waals surface area contributed by atoms with Crippen LogP contribution >= 0.6 is 0 Å². The molecule has 1 fully saturated rings. The van der Waals surface area contributed by atoms with Gasteiger partial charge in [-0.05, 0) is 36.0 Å². The summed E-state index contributed by atoms with van der Waals surface area (Å²) < 4.78 is 5.64. The van der Waals surface area contributed by atoms with Crippen LogP contribution in [0, 0.1) is 0 Å². The highest BCUT2D eigenvalue weighted by molar-refractivity contribution is 6.03. The number of hydrogen-bond donors (Lipinski definition) is 2. The zero-order chi connectivity index (χ0) is 18.4. The quantitative estimate of drug-likeness (QED) is 0.554. The van der Waals surface area contributed by atoms with Crippen molar-refractivity contribution >= 4 is 11.0 Å². The molecule has 4 aromatic rings. The van der Waals surface area contributed by atoms with Gasteiger partial charge in [-0.25, -0.2) is 0 Å². The van der Waals surface area contributed by atoms with Crippen LogP contribution in [0.25, 0.3) is 33.2 Å². The molecule has 0 radical (unpaired) electrons. The van der Waals surface area contributed by atoms with E-state index < -0.39 is 0 Å². The molecule has 1 saturated carbocycles. The van der Waals surface area contributed by atoms with Gasteiger partial charge in [-0.3, -0.25) is 4.79 Å². The largest absolute Gasteiger partial charge is 0.458 e. The predicted octanol–water partition coefficient (Wildman–Crippen LogP) is 4.79. The molecule has 134 valence electrons. The minimum atomic E-state index is -0.220. The Morgan fingerprint density at radius 1 is 0.926 bits per heavy atom. The molecule has 4 nitrogen and oxygen atoms in total. The van der Waals surface area contributed by atoms with Gasteiger partial charge in [0.15, 0.2) is 5.58 Å². The summed E-state index contributed by atoms with van der Waals surface area (Å²) in [4.78, 5) is 15.1. The summed E-state index contributed by atoms with van der Waals surface area (Å²) in [6.07, 6.45) is 6.69. The third kappa shape index (κ3) is 2.53. The van der Waals surface area contributed by atoms with Crippen molar-refractivity contribution in [2.75, 3.05) is 0 Å². The monoisotopic (exact) mass is 356 g/mol. The molecule has 1 aliphatic rings. The number of nitrogens with two attached hydrogens (primary N) is 1. The molecule has 0 saturated heterocycles. The molecule has 0 atom stereocenters. The van der Waals surface area contributed by atoms with E-state index in [2.05, 4.69) is 29.2 Å². The molecule has 1 aliphatic carbocycles. The first-order chi connectivity index (χ1) is 13.2. The van der Waals surface area contributed by atoms with Gasteiger partial charge >= 0.3 is 0 Å². The average Bonchev–Trinajstić information content (AvgIpc) is 3.13. The molecule has 2 aromatic heterocycles. The first kappa shape index (κ1) is 16.1. The van der Waals surface area contributed by atoms with Gasteiger partial charge in [-0.1, -0.05) is 54.6 Å². The van der Waals surface area contributed by atoms with Crippen molar-refractivity contribution in [3.05, 3.63) is 83.0 Å². The van der Waals surface area contributed by atoms with Gasteiger partial charge in [-0.15, -0.1) is 0 Å². The Morgan fingerprint density at radius 2 is 1.63 bits per heavy atom. The fourth-order valence-corrected chi connectivity index (χ4v) is 3.95. The Balaban J connectivity index is 1.68. The van der Waals surface area contributed by atoms with Gasteiger partial charge in [0.1, 0.15) is 0 Å². The maximum Gasteiger partial charge on any atom is 0.291 e. The van der Waals surface area contributed by atoms with Gasteiger partial charge in [0.05, 0.1) is 6.26 Å².